The van der Waals surface area contributed by atoms with E-state index in [0.29, 0.717) is 22.0 Å². The minimum Gasteiger partial charge on any atom is -0.322 e. The number of sulfonamides is 1. The van der Waals surface area contributed by atoms with Gasteiger partial charge in [0.2, 0.25) is 10.0 Å². The van der Waals surface area contributed by atoms with Crippen molar-refractivity contribution < 1.29 is 13.2 Å². The minimum atomic E-state index is -3.40. The van der Waals surface area contributed by atoms with E-state index in [9.17, 15) is 13.2 Å². The molecule has 0 unspecified atom stereocenters. The van der Waals surface area contributed by atoms with Crippen LogP contribution in [0.3, 0.4) is 0 Å². The summed E-state index contributed by atoms with van der Waals surface area (Å²) in [5.41, 5.74) is 1.47. The van der Waals surface area contributed by atoms with E-state index in [-0.39, 0.29) is 5.91 Å². The average Bonchev–Trinajstić information content (AvgIpc) is 2.49. The molecule has 0 spiro atoms. The highest BCUT2D eigenvalue weighted by Crippen LogP contribution is 2.16. The fourth-order valence-corrected chi connectivity index (χ4v) is 2.53. The zero-order chi connectivity index (χ0) is 17.0. The van der Waals surface area contributed by atoms with Gasteiger partial charge < -0.3 is 5.32 Å². The Hall–Kier alpha value is -2.05. The van der Waals surface area contributed by atoms with Gasteiger partial charge in [-0.05, 0) is 62.4 Å². The van der Waals surface area contributed by atoms with Crippen LogP contribution in [0.4, 0.5) is 11.4 Å². The van der Waals surface area contributed by atoms with E-state index in [4.69, 9.17) is 11.6 Å². The van der Waals surface area contributed by atoms with Gasteiger partial charge in [-0.2, -0.15) is 0 Å². The molecule has 0 aliphatic heterocycles. The topological polar surface area (TPSA) is 75.3 Å². The van der Waals surface area contributed by atoms with Crippen LogP contribution in [-0.4, -0.2) is 19.6 Å². The smallest absolute Gasteiger partial charge is 0.255 e. The second-order valence-electron chi connectivity index (χ2n) is 5.23. The van der Waals surface area contributed by atoms with Crippen LogP contribution in [0.1, 0.15) is 24.2 Å². The molecule has 0 bridgehead atoms. The summed E-state index contributed by atoms with van der Waals surface area (Å²) in [6, 6.07) is 13.0. The summed E-state index contributed by atoms with van der Waals surface area (Å²) in [6.07, 6.45) is 0. The Morgan fingerprint density at radius 1 is 0.957 bits per heavy atom. The maximum Gasteiger partial charge on any atom is 0.255 e. The number of halogens is 1. The molecule has 2 aromatic rings. The van der Waals surface area contributed by atoms with Crippen molar-refractivity contribution in [1.29, 1.82) is 0 Å². The first-order valence-electron chi connectivity index (χ1n) is 6.96. The number of amides is 1. The first-order valence-corrected chi connectivity index (χ1v) is 8.89. The molecule has 0 radical (unpaired) electrons. The maximum absolute atomic E-state index is 12.1. The van der Waals surface area contributed by atoms with Gasteiger partial charge in [0.25, 0.3) is 5.91 Å². The van der Waals surface area contributed by atoms with Gasteiger partial charge in [-0.15, -0.1) is 0 Å². The van der Waals surface area contributed by atoms with Gasteiger partial charge >= 0.3 is 0 Å². The third-order valence-corrected chi connectivity index (χ3v) is 5.14. The highest BCUT2D eigenvalue weighted by molar-refractivity contribution is 7.93. The molecular formula is C16H17ClN2O3S. The Morgan fingerprint density at radius 3 is 2.00 bits per heavy atom. The van der Waals surface area contributed by atoms with Gasteiger partial charge in [0.15, 0.2) is 0 Å². The molecule has 0 aromatic heterocycles. The van der Waals surface area contributed by atoms with E-state index in [0.717, 1.165) is 0 Å². The average molecular weight is 353 g/mol. The first kappa shape index (κ1) is 17.3. The molecule has 2 rings (SSSR count). The van der Waals surface area contributed by atoms with Crippen LogP contribution in [0.15, 0.2) is 48.5 Å². The molecule has 7 heteroatoms. The largest absolute Gasteiger partial charge is 0.322 e. The van der Waals surface area contributed by atoms with Crippen LogP contribution < -0.4 is 10.0 Å². The number of benzene rings is 2. The van der Waals surface area contributed by atoms with Crippen molar-refractivity contribution in [1.82, 2.24) is 0 Å². The van der Waals surface area contributed by atoms with Crippen molar-refractivity contribution in [2.75, 3.05) is 10.0 Å². The Labute approximate surface area is 140 Å². The van der Waals surface area contributed by atoms with E-state index >= 15 is 0 Å². The number of nitrogens with one attached hydrogen (secondary N) is 2. The molecule has 1 amide bonds. The molecule has 0 saturated heterocycles. The predicted octanol–water partition coefficient (Wildman–Crippen LogP) is 3.74. The van der Waals surface area contributed by atoms with Crippen molar-refractivity contribution in [2.45, 2.75) is 19.1 Å². The van der Waals surface area contributed by atoms with Crippen molar-refractivity contribution in [3.05, 3.63) is 59.1 Å². The summed E-state index contributed by atoms with van der Waals surface area (Å²) in [5.74, 6) is -0.286. The minimum absolute atomic E-state index is 0.286. The molecule has 5 nitrogen and oxygen atoms in total. The molecular weight excluding hydrogens is 336 g/mol. The number of carbonyl (C=O) groups excluding carboxylic acids is 1. The lowest BCUT2D eigenvalue weighted by atomic mass is 10.2. The van der Waals surface area contributed by atoms with E-state index < -0.39 is 15.3 Å². The van der Waals surface area contributed by atoms with Crippen LogP contribution in [0.5, 0.6) is 0 Å². The summed E-state index contributed by atoms with van der Waals surface area (Å²) in [7, 11) is -3.40. The second-order valence-corrected chi connectivity index (χ2v) is 7.91. The lowest BCUT2D eigenvalue weighted by Gasteiger charge is -2.11. The quantitative estimate of drug-likeness (QED) is 0.860. The Bertz CT molecular complexity index is 785. The number of rotatable bonds is 5. The number of hydrogen-bond acceptors (Lipinski definition) is 3. The van der Waals surface area contributed by atoms with Gasteiger partial charge in [0.1, 0.15) is 0 Å². The summed E-state index contributed by atoms with van der Waals surface area (Å²) >= 11 is 5.79. The summed E-state index contributed by atoms with van der Waals surface area (Å²) in [6.45, 7) is 3.19. The number of anilines is 2. The summed E-state index contributed by atoms with van der Waals surface area (Å²) < 4.78 is 26.0. The molecule has 0 fully saturated rings. The number of hydrogen-bond donors (Lipinski definition) is 2. The summed E-state index contributed by atoms with van der Waals surface area (Å²) in [5, 5.41) is 2.79. The van der Waals surface area contributed by atoms with Gasteiger partial charge in [0.05, 0.1) is 5.25 Å². The van der Waals surface area contributed by atoms with E-state index in [1.807, 2.05) is 0 Å². The van der Waals surface area contributed by atoms with Crippen LogP contribution in [-0.2, 0) is 10.0 Å². The Balaban J connectivity index is 2.07. The highest BCUT2D eigenvalue weighted by atomic mass is 35.5. The molecule has 23 heavy (non-hydrogen) atoms. The second kappa shape index (κ2) is 7.02. The standard InChI is InChI=1S/C16H17ClN2O3S/c1-11(2)23(21,22)19-15-7-3-12(4-8-15)16(20)18-14-9-5-13(17)6-10-14/h3-11,19H,1-2H3,(H,18,20). The van der Waals surface area contributed by atoms with Crippen molar-refractivity contribution >= 4 is 38.9 Å². The third kappa shape index (κ3) is 4.71. The van der Waals surface area contributed by atoms with Crippen molar-refractivity contribution in [2.24, 2.45) is 0 Å². The fourth-order valence-electron chi connectivity index (χ4n) is 1.71. The van der Waals surface area contributed by atoms with Gasteiger partial charge in [-0.3, -0.25) is 9.52 Å². The number of carbonyl (C=O) groups is 1. The Morgan fingerprint density at radius 2 is 1.48 bits per heavy atom. The van der Waals surface area contributed by atoms with Crippen LogP contribution in [0.25, 0.3) is 0 Å². The first-order chi connectivity index (χ1) is 10.8. The normalized spacial score (nSPS) is 11.3. The maximum atomic E-state index is 12.1. The van der Waals surface area contributed by atoms with E-state index in [1.54, 1.807) is 62.4 Å². The van der Waals surface area contributed by atoms with Crippen molar-refractivity contribution in [3.8, 4) is 0 Å². The predicted molar refractivity (Wildman–Crippen MR) is 93.5 cm³/mol. The highest BCUT2D eigenvalue weighted by Gasteiger charge is 2.15. The monoisotopic (exact) mass is 352 g/mol. The SMILES string of the molecule is CC(C)S(=O)(=O)Nc1ccc(C(=O)Nc2ccc(Cl)cc2)cc1. The molecule has 0 atom stereocenters. The summed E-state index contributed by atoms with van der Waals surface area (Å²) in [4.78, 5) is 12.1. The molecule has 0 aliphatic rings. The molecule has 2 aromatic carbocycles. The van der Waals surface area contributed by atoms with Crippen molar-refractivity contribution in [3.63, 3.8) is 0 Å². The molecule has 0 heterocycles. The zero-order valence-electron chi connectivity index (χ0n) is 12.7. The molecule has 0 saturated carbocycles. The van der Waals surface area contributed by atoms with Crippen LogP contribution in [0, 0.1) is 0 Å². The molecule has 0 aliphatic carbocycles. The van der Waals surface area contributed by atoms with Gasteiger partial charge in [0, 0.05) is 22.0 Å². The zero-order valence-corrected chi connectivity index (χ0v) is 14.3. The van der Waals surface area contributed by atoms with Crippen LogP contribution >= 0.6 is 11.6 Å². The Kier molecular flexibility index (Phi) is 5.28. The molecule has 122 valence electrons. The third-order valence-electron chi connectivity index (χ3n) is 3.13. The van der Waals surface area contributed by atoms with E-state index in [2.05, 4.69) is 10.0 Å². The lowest BCUT2D eigenvalue weighted by Crippen LogP contribution is -2.22. The van der Waals surface area contributed by atoms with Gasteiger partial charge in [-0.25, -0.2) is 8.42 Å². The van der Waals surface area contributed by atoms with E-state index in [1.165, 1.54) is 0 Å². The lowest BCUT2D eigenvalue weighted by molar-refractivity contribution is 0.102. The van der Waals surface area contributed by atoms with Gasteiger partial charge in [-0.1, -0.05) is 11.6 Å². The fraction of sp³-hybridized carbons (Fsp3) is 0.188. The molecule has 2 N–H and O–H groups in total. The van der Waals surface area contributed by atoms with Crippen LogP contribution in [0.2, 0.25) is 5.02 Å².